The summed E-state index contributed by atoms with van der Waals surface area (Å²) in [5, 5.41) is 2.98. The van der Waals surface area contributed by atoms with E-state index in [1.165, 1.54) is 12.1 Å². The zero-order chi connectivity index (χ0) is 16.6. The monoisotopic (exact) mass is 376 g/mol. The van der Waals surface area contributed by atoms with Crippen LogP contribution in [0.25, 0.3) is 0 Å². The first-order valence-corrected chi connectivity index (χ1v) is 8.28. The van der Waals surface area contributed by atoms with Gasteiger partial charge in [0.2, 0.25) is 5.91 Å². The second kappa shape index (κ2) is 6.06. The number of carbonyl (C=O) groups is 1. The summed E-state index contributed by atoms with van der Waals surface area (Å²) in [7, 11) is 0. The van der Waals surface area contributed by atoms with Gasteiger partial charge in [-0.2, -0.15) is 0 Å². The van der Waals surface area contributed by atoms with Gasteiger partial charge in [0.25, 0.3) is 0 Å². The third-order valence-electron chi connectivity index (χ3n) is 4.30. The molecule has 0 radical (unpaired) electrons. The van der Waals surface area contributed by atoms with Gasteiger partial charge < -0.3 is 11.1 Å². The summed E-state index contributed by atoms with van der Waals surface area (Å²) in [6.45, 7) is 1.70. The molecule has 2 aromatic rings. The lowest BCUT2D eigenvalue weighted by Gasteiger charge is -2.24. The minimum atomic E-state index is -1.10. The number of benzene rings is 2. The molecule has 0 saturated heterocycles. The lowest BCUT2D eigenvalue weighted by Crippen LogP contribution is -2.49. The van der Waals surface area contributed by atoms with E-state index in [2.05, 4.69) is 21.2 Å². The average Bonchev–Trinajstić information content (AvgIpc) is 3.27. The van der Waals surface area contributed by atoms with E-state index >= 15 is 0 Å². The van der Waals surface area contributed by atoms with Crippen LogP contribution in [0.1, 0.15) is 30.4 Å². The van der Waals surface area contributed by atoms with Crippen LogP contribution in [0.5, 0.6) is 0 Å². The first kappa shape index (κ1) is 16.1. The summed E-state index contributed by atoms with van der Waals surface area (Å²) in [4.78, 5) is 12.5. The number of nitrogens with two attached hydrogens (primary N) is 1. The van der Waals surface area contributed by atoms with E-state index in [1.807, 2.05) is 30.3 Å². The minimum absolute atomic E-state index is 0.0163. The van der Waals surface area contributed by atoms with E-state index < -0.39 is 5.54 Å². The number of carbonyl (C=O) groups excluding carboxylic acids is 1. The molecule has 2 aromatic carbocycles. The van der Waals surface area contributed by atoms with Gasteiger partial charge in [-0.1, -0.05) is 40.2 Å². The molecule has 3 atom stereocenters. The summed E-state index contributed by atoms with van der Waals surface area (Å²) in [5.74, 6) is -0.308. The minimum Gasteiger partial charge on any atom is -0.351 e. The quantitative estimate of drug-likeness (QED) is 0.858. The Morgan fingerprint density at radius 2 is 2.00 bits per heavy atom. The Hall–Kier alpha value is -1.72. The van der Waals surface area contributed by atoms with Crippen LogP contribution >= 0.6 is 15.9 Å². The Bertz CT molecular complexity index is 730. The Morgan fingerprint density at radius 1 is 1.30 bits per heavy atom. The van der Waals surface area contributed by atoms with Gasteiger partial charge in [0.05, 0.1) is 0 Å². The zero-order valence-electron chi connectivity index (χ0n) is 12.7. The van der Waals surface area contributed by atoms with Gasteiger partial charge in [0, 0.05) is 16.4 Å². The van der Waals surface area contributed by atoms with Crippen molar-refractivity contribution in [1.82, 2.24) is 5.32 Å². The molecule has 1 amide bonds. The van der Waals surface area contributed by atoms with E-state index in [-0.39, 0.29) is 23.7 Å². The molecule has 0 aromatic heterocycles. The Morgan fingerprint density at radius 3 is 2.65 bits per heavy atom. The lowest BCUT2D eigenvalue weighted by atomic mass is 9.92. The van der Waals surface area contributed by atoms with Crippen molar-refractivity contribution in [1.29, 1.82) is 0 Å². The van der Waals surface area contributed by atoms with Gasteiger partial charge >= 0.3 is 0 Å². The van der Waals surface area contributed by atoms with Crippen LogP contribution in [0, 0.1) is 5.82 Å². The molecule has 0 bridgehead atoms. The molecule has 5 heteroatoms. The van der Waals surface area contributed by atoms with Crippen molar-refractivity contribution in [3.8, 4) is 0 Å². The first-order valence-electron chi connectivity index (χ1n) is 7.49. The van der Waals surface area contributed by atoms with Crippen LogP contribution < -0.4 is 11.1 Å². The highest BCUT2D eigenvalue weighted by molar-refractivity contribution is 9.10. The van der Waals surface area contributed by atoms with Crippen molar-refractivity contribution in [3.63, 3.8) is 0 Å². The van der Waals surface area contributed by atoms with Crippen LogP contribution in [0.2, 0.25) is 0 Å². The number of halogens is 2. The predicted molar refractivity (Wildman–Crippen MR) is 91.4 cm³/mol. The molecule has 3 unspecified atom stereocenters. The normalized spacial score (nSPS) is 22.3. The first-order chi connectivity index (χ1) is 10.9. The highest BCUT2D eigenvalue weighted by Crippen LogP contribution is 2.41. The maximum Gasteiger partial charge on any atom is 0.244 e. The van der Waals surface area contributed by atoms with Crippen LogP contribution in [0.3, 0.4) is 0 Å². The van der Waals surface area contributed by atoms with Crippen LogP contribution in [0.15, 0.2) is 53.0 Å². The highest BCUT2D eigenvalue weighted by atomic mass is 79.9. The third-order valence-corrected chi connectivity index (χ3v) is 4.83. The van der Waals surface area contributed by atoms with E-state index in [1.54, 1.807) is 13.0 Å². The Balaban J connectivity index is 1.67. The van der Waals surface area contributed by atoms with Crippen molar-refractivity contribution < 1.29 is 9.18 Å². The van der Waals surface area contributed by atoms with Crippen LogP contribution in [-0.2, 0) is 10.3 Å². The summed E-state index contributed by atoms with van der Waals surface area (Å²) in [5.41, 5.74) is 6.79. The van der Waals surface area contributed by atoms with Crippen molar-refractivity contribution in [2.75, 3.05) is 0 Å². The molecule has 120 valence electrons. The summed E-state index contributed by atoms with van der Waals surface area (Å²) < 4.78 is 14.2. The standard InChI is InChI=1S/C18H18BrFN2O/c1-18(21,12-5-7-13(19)8-6-12)17(23)22-16-10-15(16)11-3-2-4-14(20)9-11/h2-9,15-16H,10,21H2,1H3,(H,22,23). The second-order valence-corrected chi connectivity index (χ2v) is 7.10. The maximum atomic E-state index is 13.3. The summed E-state index contributed by atoms with van der Waals surface area (Å²) >= 11 is 3.37. The van der Waals surface area contributed by atoms with Crippen molar-refractivity contribution in [2.24, 2.45) is 5.73 Å². The molecule has 0 aliphatic heterocycles. The molecule has 1 fully saturated rings. The van der Waals surface area contributed by atoms with Crippen LogP contribution in [0.4, 0.5) is 4.39 Å². The molecule has 3 rings (SSSR count). The molecule has 3 nitrogen and oxygen atoms in total. The largest absolute Gasteiger partial charge is 0.351 e. The number of hydrogen-bond acceptors (Lipinski definition) is 2. The molecule has 23 heavy (non-hydrogen) atoms. The Kier molecular flexibility index (Phi) is 4.25. The fraction of sp³-hybridized carbons (Fsp3) is 0.278. The number of amides is 1. The second-order valence-electron chi connectivity index (χ2n) is 6.19. The molecule has 1 saturated carbocycles. The van der Waals surface area contributed by atoms with E-state index in [0.29, 0.717) is 0 Å². The zero-order valence-corrected chi connectivity index (χ0v) is 14.3. The number of rotatable bonds is 4. The number of hydrogen-bond donors (Lipinski definition) is 2. The van der Waals surface area contributed by atoms with Gasteiger partial charge in [-0.05, 0) is 48.7 Å². The molecule has 3 N–H and O–H groups in total. The lowest BCUT2D eigenvalue weighted by molar-refractivity contribution is -0.126. The third kappa shape index (κ3) is 3.46. The molecule has 0 spiro atoms. The average molecular weight is 377 g/mol. The summed E-state index contributed by atoms with van der Waals surface area (Å²) in [6.07, 6.45) is 0.811. The molecular weight excluding hydrogens is 359 g/mol. The van der Waals surface area contributed by atoms with Gasteiger partial charge in [-0.15, -0.1) is 0 Å². The molecule has 1 aliphatic carbocycles. The molecule has 1 aliphatic rings. The maximum absolute atomic E-state index is 13.3. The number of nitrogens with one attached hydrogen (secondary N) is 1. The fourth-order valence-corrected chi connectivity index (χ4v) is 2.97. The van der Waals surface area contributed by atoms with Gasteiger partial charge in [0.15, 0.2) is 0 Å². The van der Waals surface area contributed by atoms with Crippen molar-refractivity contribution in [2.45, 2.75) is 30.8 Å². The van der Waals surface area contributed by atoms with Crippen LogP contribution in [-0.4, -0.2) is 11.9 Å². The topological polar surface area (TPSA) is 55.1 Å². The van der Waals surface area contributed by atoms with Gasteiger partial charge in [-0.3, -0.25) is 4.79 Å². The molecular formula is C18H18BrFN2O. The Labute approximate surface area is 143 Å². The smallest absolute Gasteiger partial charge is 0.244 e. The molecule has 0 heterocycles. The van der Waals surface area contributed by atoms with Crippen molar-refractivity contribution >= 4 is 21.8 Å². The van der Waals surface area contributed by atoms with E-state index in [0.717, 1.165) is 22.0 Å². The van der Waals surface area contributed by atoms with Crippen molar-refractivity contribution in [3.05, 3.63) is 69.9 Å². The predicted octanol–water partition coefficient (Wildman–Crippen LogP) is 3.43. The summed E-state index contributed by atoms with van der Waals surface area (Å²) in [6, 6.07) is 13.9. The fourth-order valence-electron chi connectivity index (χ4n) is 2.71. The SMILES string of the molecule is CC(N)(C(=O)NC1CC1c1cccc(F)c1)c1ccc(Br)cc1. The van der Waals surface area contributed by atoms with Gasteiger partial charge in [0.1, 0.15) is 11.4 Å². The van der Waals surface area contributed by atoms with Gasteiger partial charge in [-0.25, -0.2) is 4.39 Å². The van der Waals surface area contributed by atoms with E-state index in [4.69, 9.17) is 5.73 Å². The highest BCUT2D eigenvalue weighted by Gasteiger charge is 2.42. The van der Waals surface area contributed by atoms with E-state index in [9.17, 15) is 9.18 Å².